The van der Waals surface area contributed by atoms with Gasteiger partial charge in [0.2, 0.25) is 0 Å². The van der Waals surface area contributed by atoms with E-state index in [0.29, 0.717) is 11.1 Å². The number of nitro groups is 1. The van der Waals surface area contributed by atoms with Gasteiger partial charge in [0, 0.05) is 6.07 Å². The molecule has 1 aliphatic carbocycles. The molecule has 0 aromatic heterocycles. The fourth-order valence-electron chi connectivity index (χ4n) is 3.33. The Morgan fingerprint density at radius 3 is 2.11 bits per heavy atom. The molecule has 0 N–H and O–H groups in total. The molecule has 0 atom stereocenters. The standard InChI is InChI=1S/C20H20F3NO4/c21-20(22,23)28-17-10-7-14(8-11-17)15-9-12-19(18(13-15)24(25)26)27-16-5-3-1-2-4-6-16/h7-13,16H,1-6H2. The van der Waals surface area contributed by atoms with E-state index in [1.54, 1.807) is 12.1 Å². The van der Waals surface area contributed by atoms with Gasteiger partial charge < -0.3 is 9.47 Å². The Kier molecular flexibility index (Phi) is 6.06. The van der Waals surface area contributed by atoms with Crippen molar-refractivity contribution in [2.45, 2.75) is 51.0 Å². The van der Waals surface area contributed by atoms with E-state index in [9.17, 15) is 23.3 Å². The van der Waals surface area contributed by atoms with Crippen LogP contribution in [0.1, 0.15) is 38.5 Å². The Morgan fingerprint density at radius 1 is 0.929 bits per heavy atom. The summed E-state index contributed by atoms with van der Waals surface area (Å²) in [5.41, 5.74) is 0.898. The van der Waals surface area contributed by atoms with E-state index in [2.05, 4.69) is 4.74 Å². The molecule has 150 valence electrons. The van der Waals surface area contributed by atoms with Gasteiger partial charge in [-0.1, -0.05) is 31.0 Å². The van der Waals surface area contributed by atoms with Crippen molar-refractivity contribution in [3.8, 4) is 22.6 Å². The molecule has 0 saturated heterocycles. The third-order valence-corrected chi connectivity index (χ3v) is 4.67. The largest absolute Gasteiger partial charge is 0.573 e. The smallest absolute Gasteiger partial charge is 0.484 e. The molecule has 0 bridgehead atoms. The lowest BCUT2D eigenvalue weighted by Gasteiger charge is -2.17. The minimum absolute atomic E-state index is 0.0362. The number of nitrogens with zero attached hydrogens (tertiary/aromatic N) is 1. The molecular weight excluding hydrogens is 375 g/mol. The van der Waals surface area contributed by atoms with Crippen LogP contribution in [-0.4, -0.2) is 17.4 Å². The zero-order valence-corrected chi connectivity index (χ0v) is 15.1. The number of rotatable bonds is 5. The van der Waals surface area contributed by atoms with Gasteiger partial charge in [-0.25, -0.2) is 0 Å². The van der Waals surface area contributed by atoms with E-state index in [0.717, 1.165) is 38.5 Å². The van der Waals surface area contributed by atoms with Crippen LogP contribution in [0.2, 0.25) is 0 Å². The fourth-order valence-corrected chi connectivity index (χ4v) is 3.33. The summed E-state index contributed by atoms with van der Waals surface area (Å²) >= 11 is 0. The highest BCUT2D eigenvalue weighted by molar-refractivity contribution is 5.69. The van der Waals surface area contributed by atoms with Gasteiger partial charge in [0.05, 0.1) is 11.0 Å². The minimum Gasteiger partial charge on any atom is -0.484 e. The first-order valence-electron chi connectivity index (χ1n) is 9.13. The van der Waals surface area contributed by atoms with Crippen LogP contribution in [0.4, 0.5) is 18.9 Å². The molecular formula is C20H20F3NO4. The van der Waals surface area contributed by atoms with Gasteiger partial charge in [-0.15, -0.1) is 13.2 Å². The maximum absolute atomic E-state index is 12.3. The van der Waals surface area contributed by atoms with Gasteiger partial charge >= 0.3 is 12.0 Å². The van der Waals surface area contributed by atoms with E-state index in [4.69, 9.17) is 4.74 Å². The summed E-state index contributed by atoms with van der Waals surface area (Å²) in [6.07, 6.45) is 1.33. The number of hydrogen-bond acceptors (Lipinski definition) is 4. The first kappa shape index (κ1) is 20.0. The molecule has 0 amide bonds. The van der Waals surface area contributed by atoms with Gasteiger partial charge in [0.1, 0.15) is 5.75 Å². The van der Waals surface area contributed by atoms with Crippen LogP contribution in [0.15, 0.2) is 42.5 Å². The Hall–Kier alpha value is -2.77. The van der Waals surface area contributed by atoms with Crippen LogP contribution in [-0.2, 0) is 0 Å². The molecule has 2 aromatic rings. The highest BCUT2D eigenvalue weighted by Crippen LogP contribution is 2.35. The maximum atomic E-state index is 12.3. The van der Waals surface area contributed by atoms with Gasteiger partial charge in [-0.2, -0.15) is 0 Å². The molecule has 2 aromatic carbocycles. The first-order chi connectivity index (χ1) is 13.3. The number of ether oxygens (including phenoxy) is 2. The van der Waals surface area contributed by atoms with E-state index in [1.165, 1.54) is 30.3 Å². The minimum atomic E-state index is -4.77. The molecule has 1 aliphatic rings. The van der Waals surface area contributed by atoms with Crippen molar-refractivity contribution in [3.63, 3.8) is 0 Å². The van der Waals surface area contributed by atoms with Crippen LogP contribution in [0.25, 0.3) is 11.1 Å². The molecule has 0 spiro atoms. The van der Waals surface area contributed by atoms with Crippen LogP contribution in [0, 0.1) is 10.1 Å². The van der Waals surface area contributed by atoms with Crippen molar-refractivity contribution in [1.82, 2.24) is 0 Å². The molecule has 0 unspecified atom stereocenters. The highest BCUT2D eigenvalue weighted by Gasteiger charge is 2.31. The zero-order chi connectivity index (χ0) is 20.1. The van der Waals surface area contributed by atoms with E-state index >= 15 is 0 Å². The predicted molar refractivity (Wildman–Crippen MR) is 97.3 cm³/mol. The number of hydrogen-bond donors (Lipinski definition) is 0. The van der Waals surface area contributed by atoms with Crippen LogP contribution >= 0.6 is 0 Å². The second kappa shape index (κ2) is 8.50. The predicted octanol–water partition coefficient (Wildman–Crippen LogP) is 6.26. The molecule has 1 fully saturated rings. The van der Waals surface area contributed by atoms with Crippen LogP contribution in [0.3, 0.4) is 0 Å². The summed E-state index contributed by atoms with van der Waals surface area (Å²) in [6.45, 7) is 0. The lowest BCUT2D eigenvalue weighted by Crippen LogP contribution is -2.16. The Bertz CT molecular complexity index is 813. The second-order valence-corrected chi connectivity index (χ2v) is 6.74. The monoisotopic (exact) mass is 395 g/mol. The quantitative estimate of drug-likeness (QED) is 0.340. The number of nitro benzene ring substituents is 1. The Labute approximate surface area is 160 Å². The van der Waals surface area contributed by atoms with E-state index < -0.39 is 11.3 Å². The van der Waals surface area contributed by atoms with Crippen molar-refractivity contribution < 1.29 is 27.6 Å². The molecule has 5 nitrogen and oxygen atoms in total. The van der Waals surface area contributed by atoms with Crippen molar-refractivity contribution in [2.24, 2.45) is 0 Å². The maximum Gasteiger partial charge on any atom is 0.573 e. The molecule has 1 saturated carbocycles. The fraction of sp³-hybridized carbons (Fsp3) is 0.400. The number of benzene rings is 2. The highest BCUT2D eigenvalue weighted by atomic mass is 19.4. The van der Waals surface area contributed by atoms with Crippen molar-refractivity contribution in [1.29, 1.82) is 0 Å². The van der Waals surface area contributed by atoms with Gasteiger partial charge in [-0.3, -0.25) is 10.1 Å². The third kappa shape index (κ3) is 5.37. The summed E-state index contributed by atoms with van der Waals surface area (Å²) in [5.74, 6) is -0.128. The normalized spacial score (nSPS) is 15.7. The third-order valence-electron chi connectivity index (χ3n) is 4.67. The topological polar surface area (TPSA) is 61.6 Å². The number of alkyl halides is 3. The zero-order valence-electron chi connectivity index (χ0n) is 15.1. The summed E-state index contributed by atoms with van der Waals surface area (Å²) in [5, 5.41) is 11.5. The van der Waals surface area contributed by atoms with Crippen molar-refractivity contribution >= 4 is 5.69 Å². The molecule has 28 heavy (non-hydrogen) atoms. The Morgan fingerprint density at radius 2 is 1.54 bits per heavy atom. The summed E-state index contributed by atoms with van der Waals surface area (Å²) in [7, 11) is 0. The second-order valence-electron chi connectivity index (χ2n) is 6.74. The van der Waals surface area contributed by atoms with E-state index in [-0.39, 0.29) is 23.3 Å². The van der Waals surface area contributed by atoms with Crippen LogP contribution in [0.5, 0.6) is 11.5 Å². The molecule has 0 aliphatic heterocycles. The van der Waals surface area contributed by atoms with Crippen molar-refractivity contribution in [3.05, 3.63) is 52.6 Å². The molecule has 0 heterocycles. The molecule has 0 radical (unpaired) electrons. The lowest BCUT2D eigenvalue weighted by molar-refractivity contribution is -0.386. The number of halogens is 3. The van der Waals surface area contributed by atoms with Crippen molar-refractivity contribution in [2.75, 3.05) is 0 Å². The summed E-state index contributed by atoms with van der Waals surface area (Å²) < 4.78 is 46.5. The van der Waals surface area contributed by atoms with Gasteiger partial charge in [-0.05, 0) is 55.0 Å². The van der Waals surface area contributed by atoms with Crippen LogP contribution < -0.4 is 9.47 Å². The summed E-state index contributed by atoms with van der Waals surface area (Å²) in [4.78, 5) is 11.0. The molecule has 8 heteroatoms. The average Bonchev–Trinajstić information content (AvgIpc) is 2.90. The first-order valence-corrected chi connectivity index (χ1v) is 9.13. The van der Waals surface area contributed by atoms with E-state index in [1.807, 2.05) is 0 Å². The molecule has 3 rings (SSSR count). The lowest BCUT2D eigenvalue weighted by atomic mass is 10.0. The summed E-state index contributed by atoms with van der Waals surface area (Å²) in [6, 6.07) is 9.79. The van der Waals surface area contributed by atoms with Gasteiger partial charge in [0.15, 0.2) is 5.75 Å². The Balaban J connectivity index is 1.81. The van der Waals surface area contributed by atoms with Gasteiger partial charge in [0.25, 0.3) is 0 Å². The average molecular weight is 395 g/mol. The SMILES string of the molecule is O=[N+]([O-])c1cc(-c2ccc(OC(F)(F)F)cc2)ccc1OC1CCCCCC1.